The maximum absolute atomic E-state index is 12.9. The summed E-state index contributed by atoms with van der Waals surface area (Å²) in [4.78, 5) is 17.4. The predicted molar refractivity (Wildman–Crippen MR) is 134 cm³/mol. The van der Waals surface area contributed by atoms with Gasteiger partial charge in [-0.15, -0.1) is 5.10 Å². The summed E-state index contributed by atoms with van der Waals surface area (Å²) in [6, 6.07) is 24.5. The molecule has 1 heterocycles. The van der Waals surface area contributed by atoms with Gasteiger partial charge in [-0.2, -0.15) is 9.67 Å². The van der Waals surface area contributed by atoms with Crippen LogP contribution in [-0.4, -0.2) is 20.7 Å². The van der Waals surface area contributed by atoms with Gasteiger partial charge >= 0.3 is 0 Å². The Morgan fingerprint density at radius 1 is 0.818 bits per heavy atom. The molecule has 6 nitrogen and oxygen atoms in total. The van der Waals surface area contributed by atoms with Crippen LogP contribution in [0.4, 0.5) is 11.9 Å². The zero-order chi connectivity index (χ0) is 23.0. The quantitative estimate of drug-likeness (QED) is 0.297. The van der Waals surface area contributed by atoms with Gasteiger partial charge in [0.05, 0.1) is 0 Å². The molecule has 1 aromatic heterocycles. The number of rotatable bonds is 8. The number of carbonyl (C=O) groups is 1. The molecule has 0 bridgehead atoms. The number of halogens is 2. The molecular weight excluding hydrogens is 457 g/mol. The van der Waals surface area contributed by atoms with E-state index in [0.29, 0.717) is 35.0 Å². The molecule has 0 fully saturated rings. The second-order valence-electron chi connectivity index (χ2n) is 7.21. The molecule has 166 valence electrons. The van der Waals surface area contributed by atoms with Crippen molar-refractivity contribution in [1.82, 2.24) is 14.8 Å². The third kappa shape index (κ3) is 6.44. The number of carbonyl (C=O) groups excluding carboxylic acids is 1. The number of nitrogens with zero attached hydrogens (tertiary/aromatic N) is 3. The average Bonchev–Trinajstić information content (AvgIpc) is 3.26. The Labute approximate surface area is 201 Å². The lowest BCUT2D eigenvalue weighted by molar-refractivity contribution is 0.0957. The maximum atomic E-state index is 12.9. The first-order valence-electron chi connectivity index (χ1n) is 10.3. The van der Waals surface area contributed by atoms with Gasteiger partial charge in [0, 0.05) is 29.2 Å². The SMILES string of the molecule is O=C(C=Cc1ccccc1)n1nc(NCc2ccc(Cl)cc2)nc1NCc1ccc(Cl)cc1. The van der Waals surface area contributed by atoms with Crippen molar-refractivity contribution < 1.29 is 4.79 Å². The number of aromatic nitrogens is 3. The van der Waals surface area contributed by atoms with Gasteiger partial charge in [-0.25, -0.2) is 0 Å². The van der Waals surface area contributed by atoms with Crippen molar-refractivity contribution in [2.24, 2.45) is 0 Å². The minimum absolute atomic E-state index is 0.315. The molecule has 33 heavy (non-hydrogen) atoms. The monoisotopic (exact) mass is 477 g/mol. The van der Waals surface area contributed by atoms with E-state index in [4.69, 9.17) is 23.2 Å². The first kappa shape index (κ1) is 22.6. The number of hydrogen-bond donors (Lipinski definition) is 2. The molecule has 0 spiro atoms. The molecule has 0 amide bonds. The van der Waals surface area contributed by atoms with E-state index in [2.05, 4.69) is 20.7 Å². The van der Waals surface area contributed by atoms with E-state index in [0.717, 1.165) is 16.7 Å². The van der Waals surface area contributed by atoms with E-state index in [1.807, 2.05) is 78.9 Å². The Hall–Kier alpha value is -3.61. The molecule has 2 N–H and O–H groups in total. The van der Waals surface area contributed by atoms with Crippen molar-refractivity contribution in [3.05, 3.63) is 112 Å². The van der Waals surface area contributed by atoms with Gasteiger partial charge in [-0.3, -0.25) is 4.79 Å². The van der Waals surface area contributed by atoms with Crippen molar-refractivity contribution in [2.45, 2.75) is 13.1 Å². The lowest BCUT2D eigenvalue weighted by Gasteiger charge is -2.06. The lowest BCUT2D eigenvalue weighted by atomic mass is 10.2. The van der Waals surface area contributed by atoms with Crippen molar-refractivity contribution in [1.29, 1.82) is 0 Å². The smallest absolute Gasteiger partial charge is 0.274 e. The van der Waals surface area contributed by atoms with E-state index < -0.39 is 0 Å². The third-order valence-corrected chi connectivity index (χ3v) is 5.27. The summed E-state index contributed by atoms with van der Waals surface area (Å²) in [5.74, 6) is 0.362. The molecule has 0 unspecified atom stereocenters. The number of nitrogens with one attached hydrogen (secondary N) is 2. The van der Waals surface area contributed by atoms with E-state index in [9.17, 15) is 4.79 Å². The second kappa shape index (κ2) is 10.8. The van der Waals surface area contributed by atoms with Crippen LogP contribution >= 0.6 is 23.2 Å². The Bertz CT molecular complexity index is 1240. The van der Waals surface area contributed by atoms with Crippen molar-refractivity contribution in [3.8, 4) is 0 Å². The van der Waals surface area contributed by atoms with Crippen molar-refractivity contribution >= 4 is 47.1 Å². The highest BCUT2D eigenvalue weighted by Gasteiger charge is 2.14. The Morgan fingerprint density at radius 2 is 1.39 bits per heavy atom. The fraction of sp³-hybridized carbons (Fsp3) is 0.0800. The largest absolute Gasteiger partial charge is 0.350 e. The maximum Gasteiger partial charge on any atom is 0.274 e. The molecule has 0 aliphatic carbocycles. The molecule has 0 aliphatic heterocycles. The fourth-order valence-electron chi connectivity index (χ4n) is 3.02. The molecular formula is C25H21Cl2N5O. The van der Waals surface area contributed by atoms with E-state index in [1.54, 1.807) is 6.08 Å². The van der Waals surface area contributed by atoms with Crippen LogP contribution in [0.3, 0.4) is 0 Å². The minimum atomic E-state index is -0.315. The van der Waals surface area contributed by atoms with Gasteiger partial charge in [-0.1, -0.05) is 77.8 Å². The van der Waals surface area contributed by atoms with Crippen molar-refractivity contribution in [3.63, 3.8) is 0 Å². The highest BCUT2D eigenvalue weighted by molar-refractivity contribution is 6.30. The van der Waals surface area contributed by atoms with Crippen LogP contribution < -0.4 is 10.6 Å². The van der Waals surface area contributed by atoms with Gasteiger partial charge in [0.2, 0.25) is 11.9 Å². The summed E-state index contributed by atoms with van der Waals surface area (Å²) in [5.41, 5.74) is 2.93. The van der Waals surface area contributed by atoms with Crippen LogP contribution in [0.5, 0.6) is 0 Å². The van der Waals surface area contributed by atoms with Crippen LogP contribution in [-0.2, 0) is 13.1 Å². The van der Waals surface area contributed by atoms with Crippen LogP contribution in [0, 0.1) is 0 Å². The van der Waals surface area contributed by atoms with Gasteiger partial charge < -0.3 is 10.6 Å². The molecule has 0 aliphatic rings. The molecule has 0 radical (unpaired) electrons. The molecule has 0 saturated heterocycles. The molecule has 0 saturated carbocycles. The van der Waals surface area contributed by atoms with E-state index in [-0.39, 0.29) is 5.91 Å². The van der Waals surface area contributed by atoms with Crippen LogP contribution in [0.25, 0.3) is 6.08 Å². The number of anilines is 2. The summed E-state index contributed by atoms with van der Waals surface area (Å²) >= 11 is 11.9. The minimum Gasteiger partial charge on any atom is -0.350 e. The Balaban J connectivity index is 1.52. The summed E-state index contributed by atoms with van der Waals surface area (Å²) in [5, 5.41) is 12.0. The molecule has 0 atom stereocenters. The topological polar surface area (TPSA) is 71.8 Å². The third-order valence-electron chi connectivity index (χ3n) is 4.76. The standard InChI is InChI=1S/C25H21Cl2N5O/c26-21-11-6-19(7-12-21)16-28-24-30-25(29-17-20-8-13-22(27)14-9-20)32(31-24)23(33)15-10-18-4-2-1-3-5-18/h1-15H,16-17H2,(H2,28,29,30,31). The first-order chi connectivity index (χ1) is 16.1. The highest BCUT2D eigenvalue weighted by atomic mass is 35.5. The number of hydrogen-bond acceptors (Lipinski definition) is 5. The lowest BCUT2D eigenvalue weighted by Crippen LogP contribution is -2.14. The number of allylic oxidation sites excluding steroid dienone is 1. The zero-order valence-electron chi connectivity index (χ0n) is 17.6. The van der Waals surface area contributed by atoms with Gasteiger partial charge in [0.15, 0.2) is 0 Å². The summed E-state index contributed by atoms with van der Waals surface area (Å²) < 4.78 is 1.25. The van der Waals surface area contributed by atoms with Crippen LogP contribution in [0.1, 0.15) is 21.5 Å². The molecule has 8 heteroatoms. The average molecular weight is 478 g/mol. The van der Waals surface area contributed by atoms with Crippen molar-refractivity contribution in [2.75, 3.05) is 10.6 Å². The fourth-order valence-corrected chi connectivity index (χ4v) is 3.28. The highest BCUT2D eigenvalue weighted by Crippen LogP contribution is 2.15. The van der Waals surface area contributed by atoms with Crippen LogP contribution in [0.2, 0.25) is 10.0 Å². The summed E-state index contributed by atoms with van der Waals surface area (Å²) in [7, 11) is 0. The number of benzene rings is 3. The van der Waals surface area contributed by atoms with Crippen LogP contribution in [0.15, 0.2) is 84.9 Å². The Kier molecular flexibility index (Phi) is 7.40. The van der Waals surface area contributed by atoms with Gasteiger partial charge in [-0.05, 0) is 47.0 Å². The molecule has 3 aromatic carbocycles. The first-order valence-corrected chi connectivity index (χ1v) is 11.0. The van der Waals surface area contributed by atoms with E-state index in [1.165, 1.54) is 10.8 Å². The predicted octanol–water partition coefficient (Wildman–Crippen LogP) is 6.16. The Morgan fingerprint density at radius 3 is 2.00 bits per heavy atom. The second-order valence-corrected chi connectivity index (χ2v) is 8.09. The zero-order valence-corrected chi connectivity index (χ0v) is 19.1. The molecule has 4 rings (SSSR count). The summed E-state index contributed by atoms with van der Waals surface area (Å²) in [6.07, 6.45) is 3.22. The molecule has 4 aromatic rings. The van der Waals surface area contributed by atoms with Gasteiger partial charge in [0.1, 0.15) is 0 Å². The summed E-state index contributed by atoms with van der Waals surface area (Å²) in [6.45, 7) is 0.952. The van der Waals surface area contributed by atoms with Gasteiger partial charge in [0.25, 0.3) is 5.91 Å². The normalized spacial score (nSPS) is 11.0. The van der Waals surface area contributed by atoms with E-state index >= 15 is 0 Å².